The van der Waals surface area contributed by atoms with Crippen molar-refractivity contribution >= 4 is 0 Å². The topological polar surface area (TPSA) is 38.5 Å². The van der Waals surface area contributed by atoms with Gasteiger partial charge in [0, 0.05) is 5.54 Å². The van der Waals surface area contributed by atoms with E-state index in [1.807, 2.05) is 6.92 Å². The monoisotopic (exact) mass is 302 g/mol. The highest BCUT2D eigenvalue weighted by Crippen LogP contribution is 2.35. The molecule has 0 saturated carbocycles. The molecule has 0 bridgehead atoms. The van der Waals surface area contributed by atoms with Crippen molar-refractivity contribution in [3.63, 3.8) is 0 Å². The van der Waals surface area contributed by atoms with Gasteiger partial charge in [0.1, 0.15) is 5.75 Å². The Bertz CT molecular complexity index is 463. The van der Waals surface area contributed by atoms with E-state index in [2.05, 4.69) is 16.7 Å². The number of likely N-dealkylation sites (tertiary alicyclic amines) is 1. The summed E-state index contributed by atoms with van der Waals surface area (Å²) >= 11 is 0. The van der Waals surface area contributed by atoms with Crippen LogP contribution in [0.15, 0.2) is 24.3 Å². The third kappa shape index (κ3) is 4.11. The molecule has 6 heteroatoms. The summed E-state index contributed by atoms with van der Waals surface area (Å²) in [6.07, 6.45) is -2.68. The van der Waals surface area contributed by atoms with Crippen LogP contribution >= 0.6 is 0 Å². The zero-order chi connectivity index (χ0) is 15.7. The summed E-state index contributed by atoms with van der Waals surface area (Å²) in [6.45, 7) is 3.93. The number of benzene rings is 1. The van der Waals surface area contributed by atoms with Gasteiger partial charge in [-0.2, -0.15) is 0 Å². The zero-order valence-corrected chi connectivity index (χ0v) is 12.3. The number of halogens is 3. The minimum Gasteiger partial charge on any atom is -0.406 e. The van der Waals surface area contributed by atoms with Gasteiger partial charge in [0.15, 0.2) is 0 Å². The summed E-state index contributed by atoms with van der Waals surface area (Å²) in [5, 5.41) is 0. The summed E-state index contributed by atoms with van der Waals surface area (Å²) in [4.78, 5) is 2.26. The fraction of sp³-hybridized carbons (Fsp3) is 0.600. The van der Waals surface area contributed by atoms with Crippen molar-refractivity contribution in [1.29, 1.82) is 0 Å². The molecular formula is C15H21F3N2O. The number of rotatable bonds is 3. The fourth-order valence-electron chi connectivity index (χ4n) is 2.86. The van der Waals surface area contributed by atoms with E-state index < -0.39 is 11.9 Å². The van der Waals surface area contributed by atoms with Gasteiger partial charge in [-0.05, 0) is 63.5 Å². The van der Waals surface area contributed by atoms with Gasteiger partial charge in [0.2, 0.25) is 0 Å². The Morgan fingerprint density at radius 1 is 1.14 bits per heavy atom. The summed E-state index contributed by atoms with van der Waals surface area (Å²) in [7, 11) is 2.08. The van der Waals surface area contributed by atoms with Crippen LogP contribution in [0.4, 0.5) is 13.2 Å². The van der Waals surface area contributed by atoms with Crippen LogP contribution in [0.5, 0.6) is 5.75 Å². The van der Waals surface area contributed by atoms with Gasteiger partial charge < -0.3 is 15.4 Å². The lowest BCUT2D eigenvalue weighted by Gasteiger charge is -2.40. The molecule has 1 unspecified atom stereocenters. The molecule has 21 heavy (non-hydrogen) atoms. The molecule has 2 rings (SSSR count). The van der Waals surface area contributed by atoms with Crippen LogP contribution in [-0.2, 0) is 5.54 Å². The Morgan fingerprint density at radius 2 is 1.67 bits per heavy atom. The lowest BCUT2D eigenvalue weighted by atomic mass is 9.75. The summed E-state index contributed by atoms with van der Waals surface area (Å²) < 4.78 is 40.3. The third-order valence-corrected chi connectivity index (χ3v) is 4.28. The molecule has 0 radical (unpaired) electrons. The number of piperidine rings is 1. The van der Waals surface area contributed by atoms with Gasteiger partial charge in [0.25, 0.3) is 0 Å². The summed E-state index contributed by atoms with van der Waals surface area (Å²) in [5.74, 6) is 0.105. The van der Waals surface area contributed by atoms with Gasteiger partial charge >= 0.3 is 6.36 Å². The van der Waals surface area contributed by atoms with Crippen LogP contribution in [0, 0.1) is 5.92 Å². The van der Waals surface area contributed by atoms with Crippen molar-refractivity contribution in [2.75, 3.05) is 20.1 Å². The average Bonchev–Trinajstić information content (AvgIpc) is 2.38. The minimum absolute atomic E-state index is 0.217. The summed E-state index contributed by atoms with van der Waals surface area (Å²) in [5.41, 5.74) is 6.75. The zero-order valence-electron chi connectivity index (χ0n) is 12.3. The second-order valence-corrected chi connectivity index (χ2v) is 5.93. The van der Waals surface area contributed by atoms with Crippen molar-refractivity contribution in [3.8, 4) is 5.75 Å². The maximum absolute atomic E-state index is 12.2. The predicted octanol–water partition coefficient (Wildman–Crippen LogP) is 3.10. The Labute approximate surface area is 122 Å². The van der Waals surface area contributed by atoms with E-state index in [9.17, 15) is 13.2 Å². The van der Waals surface area contributed by atoms with Crippen molar-refractivity contribution in [1.82, 2.24) is 4.90 Å². The first-order chi connectivity index (χ1) is 9.68. The summed E-state index contributed by atoms with van der Waals surface area (Å²) in [6, 6.07) is 5.89. The molecule has 3 nitrogen and oxygen atoms in total. The minimum atomic E-state index is -4.67. The van der Waals surface area contributed by atoms with E-state index in [4.69, 9.17) is 5.73 Å². The van der Waals surface area contributed by atoms with E-state index in [0.29, 0.717) is 5.92 Å². The fourth-order valence-corrected chi connectivity index (χ4v) is 2.86. The van der Waals surface area contributed by atoms with Crippen molar-refractivity contribution in [2.24, 2.45) is 11.7 Å². The number of hydrogen-bond acceptors (Lipinski definition) is 3. The van der Waals surface area contributed by atoms with Crippen LogP contribution in [0.3, 0.4) is 0 Å². The Hall–Kier alpha value is -1.27. The smallest absolute Gasteiger partial charge is 0.406 e. The first-order valence-electron chi connectivity index (χ1n) is 7.02. The number of ether oxygens (including phenoxy) is 1. The Morgan fingerprint density at radius 3 is 2.14 bits per heavy atom. The lowest BCUT2D eigenvalue weighted by Crippen LogP contribution is -2.46. The van der Waals surface area contributed by atoms with Crippen LogP contribution in [0.1, 0.15) is 25.3 Å². The van der Waals surface area contributed by atoms with Gasteiger partial charge in [-0.25, -0.2) is 0 Å². The largest absolute Gasteiger partial charge is 0.573 e. The van der Waals surface area contributed by atoms with Crippen molar-refractivity contribution in [2.45, 2.75) is 31.7 Å². The van der Waals surface area contributed by atoms with Crippen LogP contribution in [0.25, 0.3) is 0 Å². The molecular weight excluding hydrogens is 281 g/mol. The third-order valence-electron chi connectivity index (χ3n) is 4.28. The molecule has 1 saturated heterocycles. The molecule has 1 aromatic rings. The van der Waals surface area contributed by atoms with Gasteiger partial charge in [-0.3, -0.25) is 0 Å². The SMILES string of the molecule is CN1CCC(C(C)(N)c2ccc(OC(F)(F)F)cc2)CC1. The number of nitrogens with two attached hydrogens (primary N) is 1. The highest BCUT2D eigenvalue weighted by atomic mass is 19.4. The van der Waals surface area contributed by atoms with Crippen LogP contribution in [0.2, 0.25) is 0 Å². The van der Waals surface area contributed by atoms with Crippen LogP contribution in [-0.4, -0.2) is 31.4 Å². The molecule has 0 spiro atoms. The molecule has 1 aliphatic heterocycles. The average molecular weight is 302 g/mol. The van der Waals surface area contributed by atoms with Crippen molar-refractivity contribution < 1.29 is 17.9 Å². The first kappa shape index (κ1) is 16.1. The van der Waals surface area contributed by atoms with E-state index >= 15 is 0 Å². The molecule has 1 heterocycles. The Kier molecular flexibility index (Phi) is 4.49. The number of alkyl halides is 3. The number of hydrogen-bond donors (Lipinski definition) is 1. The van der Waals surface area contributed by atoms with E-state index in [1.165, 1.54) is 12.1 Å². The molecule has 1 fully saturated rings. The molecule has 118 valence electrons. The molecule has 1 aromatic carbocycles. The maximum Gasteiger partial charge on any atom is 0.573 e. The molecule has 0 aromatic heterocycles. The first-order valence-corrected chi connectivity index (χ1v) is 7.02. The second-order valence-electron chi connectivity index (χ2n) is 5.93. The van der Waals surface area contributed by atoms with E-state index in [0.717, 1.165) is 31.5 Å². The second kappa shape index (κ2) is 5.85. The maximum atomic E-state index is 12.2. The predicted molar refractivity (Wildman–Crippen MR) is 74.9 cm³/mol. The molecule has 1 atom stereocenters. The molecule has 1 aliphatic rings. The highest BCUT2D eigenvalue weighted by Gasteiger charge is 2.34. The van der Waals surface area contributed by atoms with E-state index in [-0.39, 0.29) is 5.75 Å². The van der Waals surface area contributed by atoms with Gasteiger partial charge in [0.05, 0.1) is 0 Å². The molecule has 0 aliphatic carbocycles. The van der Waals surface area contributed by atoms with Gasteiger partial charge in [-0.15, -0.1) is 13.2 Å². The molecule has 2 N–H and O–H groups in total. The normalized spacial score (nSPS) is 21.0. The lowest BCUT2D eigenvalue weighted by molar-refractivity contribution is -0.274. The van der Waals surface area contributed by atoms with Crippen molar-refractivity contribution in [3.05, 3.63) is 29.8 Å². The standard InChI is InChI=1S/C15H21F3N2O/c1-14(19,12-7-9-20(2)10-8-12)11-3-5-13(6-4-11)21-15(16,17)18/h3-6,12H,7-10,19H2,1-2H3. The Balaban J connectivity index is 2.09. The van der Waals surface area contributed by atoms with Gasteiger partial charge in [-0.1, -0.05) is 12.1 Å². The van der Waals surface area contributed by atoms with Crippen LogP contribution < -0.4 is 10.5 Å². The van der Waals surface area contributed by atoms with E-state index in [1.54, 1.807) is 12.1 Å². The molecule has 0 amide bonds. The quantitative estimate of drug-likeness (QED) is 0.932. The number of nitrogens with zero attached hydrogens (tertiary/aromatic N) is 1. The highest BCUT2D eigenvalue weighted by molar-refractivity contribution is 5.32.